The van der Waals surface area contributed by atoms with Gasteiger partial charge in [0.05, 0.1) is 7.11 Å². The van der Waals surface area contributed by atoms with Crippen LogP contribution in [0.1, 0.15) is 18.4 Å². The second kappa shape index (κ2) is 6.43. The summed E-state index contributed by atoms with van der Waals surface area (Å²) in [4.78, 5) is 24.2. The first-order valence-electron chi connectivity index (χ1n) is 6.93. The van der Waals surface area contributed by atoms with E-state index in [0.29, 0.717) is 25.9 Å². The number of hydrogen-bond donors (Lipinski definition) is 2. The van der Waals surface area contributed by atoms with Gasteiger partial charge in [0.25, 0.3) is 0 Å². The molecule has 5 heteroatoms. The first-order valence-corrected chi connectivity index (χ1v) is 6.93. The van der Waals surface area contributed by atoms with Crippen LogP contribution >= 0.6 is 0 Å². The average Bonchev–Trinajstić information content (AvgIpc) is 3.32. The van der Waals surface area contributed by atoms with Gasteiger partial charge in [0, 0.05) is 13.1 Å². The fourth-order valence-electron chi connectivity index (χ4n) is 2.11. The fourth-order valence-corrected chi connectivity index (χ4v) is 2.11. The molecule has 0 atom stereocenters. The Morgan fingerprint density at radius 2 is 1.86 bits per heavy atom. The van der Waals surface area contributed by atoms with Crippen LogP contribution in [0.2, 0.25) is 0 Å². The quantitative estimate of drug-likeness (QED) is 0.588. The first kappa shape index (κ1) is 15.1. The summed E-state index contributed by atoms with van der Waals surface area (Å²) in [5.74, 6) is 0.349. The van der Waals surface area contributed by atoms with Crippen LogP contribution < -0.4 is 15.4 Å². The molecular formula is C16H20N2O3. The fraction of sp³-hybridized carbons (Fsp3) is 0.375. The summed E-state index contributed by atoms with van der Waals surface area (Å²) >= 11 is 0. The van der Waals surface area contributed by atoms with Crippen LogP contribution in [0.5, 0.6) is 5.75 Å². The third-order valence-corrected chi connectivity index (χ3v) is 3.64. The van der Waals surface area contributed by atoms with Crippen molar-refractivity contribution in [3.05, 3.63) is 42.5 Å². The lowest BCUT2D eigenvalue weighted by molar-refractivity contribution is -0.137. The molecular weight excluding hydrogens is 268 g/mol. The molecule has 0 bridgehead atoms. The topological polar surface area (TPSA) is 67.4 Å². The SMILES string of the molecule is C=CCNC(=O)C1(C(=O)NCc2ccc(OC)cc2)CC1. The van der Waals surface area contributed by atoms with Crippen LogP contribution in [0, 0.1) is 5.41 Å². The number of rotatable bonds is 7. The van der Waals surface area contributed by atoms with Crippen LogP contribution in [0.3, 0.4) is 0 Å². The van der Waals surface area contributed by atoms with E-state index in [1.165, 1.54) is 0 Å². The normalized spacial score (nSPS) is 14.9. The minimum atomic E-state index is -0.879. The van der Waals surface area contributed by atoms with Crippen molar-refractivity contribution in [2.24, 2.45) is 5.41 Å². The zero-order valence-electron chi connectivity index (χ0n) is 12.1. The van der Waals surface area contributed by atoms with Crippen LogP contribution in [0.25, 0.3) is 0 Å². The van der Waals surface area contributed by atoms with Crippen LogP contribution in [0.15, 0.2) is 36.9 Å². The molecule has 0 aliphatic heterocycles. The Bertz CT molecular complexity index is 533. The molecule has 2 N–H and O–H groups in total. The second-order valence-corrected chi connectivity index (χ2v) is 5.11. The number of carbonyl (C=O) groups excluding carboxylic acids is 2. The monoisotopic (exact) mass is 288 g/mol. The lowest BCUT2D eigenvalue weighted by atomic mass is 10.0. The van der Waals surface area contributed by atoms with Gasteiger partial charge >= 0.3 is 0 Å². The largest absolute Gasteiger partial charge is 0.497 e. The van der Waals surface area contributed by atoms with Gasteiger partial charge in [0.1, 0.15) is 11.2 Å². The van der Waals surface area contributed by atoms with Crippen LogP contribution in [-0.4, -0.2) is 25.5 Å². The minimum Gasteiger partial charge on any atom is -0.497 e. The summed E-state index contributed by atoms with van der Waals surface area (Å²) in [6.45, 7) is 4.33. The van der Waals surface area contributed by atoms with Gasteiger partial charge in [-0.2, -0.15) is 0 Å². The highest BCUT2D eigenvalue weighted by Gasteiger charge is 2.56. The van der Waals surface area contributed by atoms with Gasteiger partial charge in [-0.3, -0.25) is 9.59 Å². The number of ether oxygens (including phenoxy) is 1. The maximum absolute atomic E-state index is 12.2. The van der Waals surface area contributed by atoms with E-state index in [1.54, 1.807) is 13.2 Å². The molecule has 0 saturated heterocycles. The van der Waals surface area contributed by atoms with Crippen LogP contribution in [0.4, 0.5) is 0 Å². The standard InChI is InChI=1S/C16H20N2O3/c1-3-10-17-14(19)16(8-9-16)15(20)18-11-12-4-6-13(21-2)7-5-12/h3-7H,1,8-11H2,2H3,(H,17,19)(H,18,20). The third-order valence-electron chi connectivity index (χ3n) is 3.64. The maximum atomic E-state index is 12.2. The second-order valence-electron chi connectivity index (χ2n) is 5.11. The predicted octanol–water partition coefficient (Wildman–Crippen LogP) is 1.39. The lowest BCUT2D eigenvalue weighted by Gasteiger charge is -2.14. The van der Waals surface area contributed by atoms with E-state index in [1.807, 2.05) is 24.3 Å². The van der Waals surface area contributed by atoms with Crippen molar-refractivity contribution >= 4 is 11.8 Å². The molecule has 0 unspecified atom stereocenters. The Kier molecular flexibility index (Phi) is 4.62. The molecule has 0 aromatic heterocycles. The van der Waals surface area contributed by atoms with Crippen molar-refractivity contribution in [1.82, 2.24) is 10.6 Å². The van der Waals surface area contributed by atoms with Gasteiger partial charge in [0.2, 0.25) is 11.8 Å². The number of hydrogen-bond acceptors (Lipinski definition) is 3. The third kappa shape index (κ3) is 3.42. The van der Waals surface area contributed by atoms with E-state index in [-0.39, 0.29) is 11.8 Å². The van der Waals surface area contributed by atoms with E-state index in [4.69, 9.17) is 4.74 Å². The van der Waals surface area contributed by atoms with Gasteiger partial charge in [-0.05, 0) is 30.5 Å². The lowest BCUT2D eigenvalue weighted by Crippen LogP contribution is -2.42. The molecule has 0 heterocycles. The Hall–Kier alpha value is -2.30. The van der Waals surface area contributed by atoms with Crippen molar-refractivity contribution in [2.75, 3.05) is 13.7 Å². The molecule has 1 saturated carbocycles. The molecule has 1 fully saturated rings. The molecule has 2 rings (SSSR count). The summed E-state index contributed by atoms with van der Waals surface area (Å²) in [6, 6.07) is 7.45. The van der Waals surface area contributed by atoms with Crippen molar-refractivity contribution in [2.45, 2.75) is 19.4 Å². The van der Waals surface area contributed by atoms with E-state index in [0.717, 1.165) is 11.3 Å². The summed E-state index contributed by atoms with van der Waals surface area (Å²) in [5.41, 5.74) is 0.0848. The molecule has 1 aromatic rings. The zero-order valence-corrected chi connectivity index (χ0v) is 12.1. The Morgan fingerprint density at radius 1 is 1.24 bits per heavy atom. The number of carbonyl (C=O) groups is 2. The highest BCUT2D eigenvalue weighted by Crippen LogP contribution is 2.46. The van der Waals surface area contributed by atoms with Gasteiger partial charge in [0.15, 0.2) is 0 Å². The predicted molar refractivity (Wildman–Crippen MR) is 79.7 cm³/mol. The average molecular weight is 288 g/mol. The molecule has 5 nitrogen and oxygen atoms in total. The van der Waals surface area contributed by atoms with Gasteiger partial charge in [-0.1, -0.05) is 18.2 Å². The number of benzene rings is 1. The number of amides is 2. The maximum Gasteiger partial charge on any atom is 0.235 e. The molecule has 0 spiro atoms. The number of nitrogens with one attached hydrogen (secondary N) is 2. The van der Waals surface area contributed by atoms with Crippen molar-refractivity contribution < 1.29 is 14.3 Å². The molecule has 1 aliphatic rings. The van der Waals surface area contributed by atoms with Crippen molar-refractivity contribution in [3.8, 4) is 5.75 Å². The van der Waals surface area contributed by atoms with Crippen molar-refractivity contribution in [3.63, 3.8) is 0 Å². The summed E-state index contributed by atoms with van der Waals surface area (Å²) in [7, 11) is 1.61. The Labute approximate surface area is 124 Å². The summed E-state index contributed by atoms with van der Waals surface area (Å²) in [5, 5.41) is 5.53. The molecule has 21 heavy (non-hydrogen) atoms. The summed E-state index contributed by atoms with van der Waals surface area (Å²) in [6.07, 6.45) is 2.80. The Morgan fingerprint density at radius 3 is 2.38 bits per heavy atom. The van der Waals surface area contributed by atoms with Gasteiger partial charge in [-0.25, -0.2) is 0 Å². The van der Waals surface area contributed by atoms with Crippen molar-refractivity contribution in [1.29, 1.82) is 0 Å². The summed E-state index contributed by atoms with van der Waals surface area (Å²) < 4.78 is 5.08. The van der Waals surface area contributed by atoms with E-state index >= 15 is 0 Å². The highest BCUT2D eigenvalue weighted by atomic mass is 16.5. The number of methoxy groups -OCH3 is 1. The van der Waals surface area contributed by atoms with Crippen LogP contribution in [-0.2, 0) is 16.1 Å². The smallest absolute Gasteiger partial charge is 0.235 e. The van der Waals surface area contributed by atoms with E-state index in [9.17, 15) is 9.59 Å². The van der Waals surface area contributed by atoms with Gasteiger partial charge < -0.3 is 15.4 Å². The Balaban J connectivity index is 1.89. The molecule has 1 aliphatic carbocycles. The molecule has 112 valence electrons. The minimum absolute atomic E-state index is 0.208. The first-order chi connectivity index (χ1) is 10.1. The molecule has 0 radical (unpaired) electrons. The van der Waals surface area contributed by atoms with E-state index < -0.39 is 5.41 Å². The highest BCUT2D eigenvalue weighted by molar-refractivity contribution is 6.07. The molecule has 1 aromatic carbocycles. The van der Waals surface area contributed by atoms with Gasteiger partial charge in [-0.15, -0.1) is 6.58 Å². The van der Waals surface area contributed by atoms with E-state index in [2.05, 4.69) is 17.2 Å². The zero-order chi connectivity index (χ0) is 15.3. The molecule has 2 amide bonds.